The highest BCUT2D eigenvalue weighted by Gasteiger charge is 2.29. The number of hydrogen-bond donors (Lipinski definition) is 1. The summed E-state index contributed by atoms with van der Waals surface area (Å²) in [4.78, 5) is 0. The SMILES string of the molecule is CCCNC1CCCCC1CC1CCCc2ccccc21. The van der Waals surface area contributed by atoms with E-state index in [1.165, 1.54) is 64.3 Å². The first kappa shape index (κ1) is 15.1. The van der Waals surface area contributed by atoms with Crippen molar-refractivity contribution in [2.75, 3.05) is 6.54 Å². The molecule has 0 heterocycles. The van der Waals surface area contributed by atoms with Crippen LogP contribution in [0.25, 0.3) is 0 Å². The van der Waals surface area contributed by atoms with Gasteiger partial charge in [-0.25, -0.2) is 0 Å². The van der Waals surface area contributed by atoms with Crippen LogP contribution in [-0.2, 0) is 6.42 Å². The van der Waals surface area contributed by atoms with Crippen molar-refractivity contribution in [1.82, 2.24) is 5.32 Å². The maximum atomic E-state index is 3.83. The van der Waals surface area contributed by atoms with Gasteiger partial charge in [0.2, 0.25) is 0 Å². The molecular formula is C20H31N. The van der Waals surface area contributed by atoms with Gasteiger partial charge in [0.25, 0.3) is 0 Å². The average molecular weight is 285 g/mol. The molecule has 1 aromatic rings. The van der Waals surface area contributed by atoms with E-state index in [0.717, 1.165) is 17.9 Å². The summed E-state index contributed by atoms with van der Waals surface area (Å²) in [5.41, 5.74) is 3.30. The summed E-state index contributed by atoms with van der Waals surface area (Å²) >= 11 is 0. The van der Waals surface area contributed by atoms with Crippen LogP contribution < -0.4 is 5.32 Å². The van der Waals surface area contributed by atoms with E-state index in [4.69, 9.17) is 0 Å². The minimum atomic E-state index is 0.785. The van der Waals surface area contributed by atoms with Crippen LogP contribution in [0.5, 0.6) is 0 Å². The minimum Gasteiger partial charge on any atom is -0.314 e. The molecular weight excluding hydrogens is 254 g/mol. The van der Waals surface area contributed by atoms with Gasteiger partial charge in [0.15, 0.2) is 0 Å². The van der Waals surface area contributed by atoms with Gasteiger partial charge in [-0.1, -0.05) is 44.0 Å². The van der Waals surface area contributed by atoms with Crippen molar-refractivity contribution in [3.63, 3.8) is 0 Å². The summed E-state index contributed by atoms with van der Waals surface area (Å²) in [5.74, 6) is 1.73. The highest BCUT2D eigenvalue weighted by atomic mass is 14.9. The van der Waals surface area contributed by atoms with Gasteiger partial charge in [-0.15, -0.1) is 0 Å². The normalized spacial score (nSPS) is 29.1. The highest BCUT2D eigenvalue weighted by molar-refractivity contribution is 5.32. The maximum Gasteiger partial charge on any atom is 0.00955 e. The van der Waals surface area contributed by atoms with Gasteiger partial charge in [0, 0.05) is 6.04 Å². The molecule has 0 bridgehead atoms. The Morgan fingerprint density at radius 3 is 2.81 bits per heavy atom. The van der Waals surface area contributed by atoms with Crippen molar-refractivity contribution >= 4 is 0 Å². The molecule has 116 valence electrons. The summed E-state index contributed by atoms with van der Waals surface area (Å²) in [7, 11) is 0. The number of aryl methyl sites for hydroxylation is 1. The van der Waals surface area contributed by atoms with E-state index in [9.17, 15) is 0 Å². The third-order valence-corrected chi connectivity index (χ3v) is 5.65. The summed E-state index contributed by atoms with van der Waals surface area (Å²) in [6.45, 7) is 3.48. The van der Waals surface area contributed by atoms with Gasteiger partial charge in [-0.3, -0.25) is 0 Å². The number of fused-ring (bicyclic) bond motifs is 1. The Balaban J connectivity index is 1.67. The van der Waals surface area contributed by atoms with Crippen LogP contribution in [0.15, 0.2) is 24.3 Å². The van der Waals surface area contributed by atoms with E-state index in [2.05, 4.69) is 36.5 Å². The summed E-state index contributed by atoms with van der Waals surface area (Å²) in [6.07, 6.45) is 12.5. The Kier molecular flexibility index (Phi) is 5.35. The molecule has 0 spiro atoms. The average Bonchev–Trinajstić information content (AvgIpc) is 2.54. The lowest BCUT2D eigenvalue weighted by Gasteiger charge is -2.36. The maximum absolute atomic E-state index is 3.83. The van der Waals surface area contributed by atoms with E-state index in [0.29, 0.717) is 0 Å². The van der Waals surface area contributed by atoms with E-state index >= 15 is 0 Å². The smallest absolute Gasteiger partial charge is 0.00955 e. The van der Waals surface area contributed by atoms with Gasteiger partial charge < -0.3 is 5.32 Å². The van der Waals surface area contributed by atoms with Gasteiger partial charge in [-0.05, 0) is 74.5 Å². The second kappa shape index (κ2) is 7.45. The summed E-state index contributed by atoms with van der Waals surface area (Å²) < 4.78 is 0. The van der Waals surface area contributed by atoms with Gasteiger partial charge in [-0.2, -0.15) is 0 Å². The van der Waals surface area contributed by atoms with Gasteiger partial charge in [0.1, 0.15) is 0 Å². The Hall–Kier alpha value is -0.820. The molecule has 1 heteroatoms. The minimum absolute atomic E-state index is 0.785. The van der Waals surface area contributed by atoms with Crippen molar-refractivity contribution in [3.8, 4) is 0 Å². The summed E-state index contributed by atoms with van der Waals surface area (Å²) in [5, 5.41) is 3.83. The molecule has 1 nitrogen and oxygen atoms in total. The Labute approximate surface area is 130 Å². The lowest BCUT2D eigenvalue weighted by atomic mass is 9.73. The molecule has 1 saturated carbocycles. The zero-order valence-corrected chi connectivity index (χ0v) is 13.6. The van der Waals surface area contributed by atoms with E-state index in [1.807, 2.05) is 0 Å². The Bertz CT molecular complexity index is 439. The van der Waals surface area contributed by atoms with Crippen LogP contribution in [0.3, 0.4) is 0 Å². The van der Waals surface area contributed by atoms with Crippen molar-refractivity contribution < 1.29 is 0 Å². The molecule has 0 amide bonds. The second-order valence-corrected chi connectivity index (χ2v) is 7.13. The fourth-order valence-electron chi connectivity index (χ4n) is 4.55. The van der Waals surface area contributed by atoms with Crippen LogP contribution in [0, 0.1) is 5.92 Å². The molecule has 0 aliphatic heterocycles. The largest absolute Gasteiger partial charge is 0.314 e. The van der Waals surface area contributed by atoms with Crippen LogP contribution in [0.4, 0.5) is 0 Å². The monoisotopic (exact) mass is 285 g/mol. The third-order valence-electron chi connectivity index (χ3n) is 5.65. The molecule has 0 saturated heterocycles. The molecule has 1 fully saturated rings. The quantitative estimate of drug-likeness (QED) is 0.798. The van der Waals surface area contributed by atoms with Crippen molar-refractivity contribution in [1.29, 1.82) is 0 Å². The fourth-order valence-corrected chi connectivity index (χ4v) is 4.55. The summed E-state index contributed by atoms with van der Waals surface area (Å²) in [6, 6.07) is 10.00. The first-order valence-electron chi connectivity index (χ1n) is 9.19. The first-order valence-corrected chi connectivity index (χ1v) is 9.19. The fraction of sp³-hybridized carbons (Fsp3) is 0.700. The van der Waals surface area contributed by atoms with Crippen LogP contribution in [0.1, 0.15) is 75.3 Å². The molecule has 1 N–H and O–H groups in total. The first-order chi connectivity index (χ1) is 10.4. The van der Waals surface area contributed by atoms with Crippen molar-refractivity contribution in [2.45, 2.75) is 76.7 Å². The van der Waals surface area contributed by atoms with Crippen LogP contribution >= 0.6 is 0 Å². The van der Waals surface area contributed by atoms with Crippen LogP contribution in [0.2, 0.25) is 0 Å². The standard InChI is InChI=1S/C20H31N/c1-2-14-21-20-13-6-4-9-18(20)15-17-11-7-10-16-8-3-5-12-19(16)17/h3,5,8,12,17-18,20-21H,2,4,6-7,9-11,13-15H2,1H3. The Morgan fingerprint density at radius 1 is 1.05 bits per heavy atom. The molecule has 3 rings (SSSR count). The number of benzene rings is 1. The van der Waals surface area contributed by atoms with E-state index in [1.54, 1.807) is 11.1 Å². The zero-order chi connectivity index (χ0) is 14.5. The van der Waals surface area contributed by atoms with E-state index in [-0.39, 0.29) is 0 Å². The van der Waals surface area contributed by atoms with Crippen LogP contribution in [-0.4, -0.2) is 12.6 Å². The number of hydrogen-bond acceptors (Lipinski definition) is 1. The predicted molar refractivity (Wildman–Crippen MR) is 90.8 cm³/mol. The lowest BCUT2D eigenvalue weighted by molar-refractivity contribution is 0.232. The molecule has 0 aromatic heterocycles. The number of nitrogens with one attached hydrogen (secondary N) is 1. The molecule has 1 aromatic carbocycles. The second-order valence-electron chi connectivity index (χ2n) is 7.13. The molecule has 0 radical (unpaired) electrons. The molecule has 21 heavy (non-hydrogen) atoms. The Morgan fingerprint density at radius 2 is 1.90 bits per heavy atom. The molecule has 3 atom stereocenters. The molecule has 3 unspecified atom stereocenters. The molecule has 2 aliphatic rings. The highest BCUT2D eigenvalue weighted by Crippen LogP contribution is 2.39. The predicted octanol–water partition coefficient (Wildman–Crippen LogP) is 5.06. The van der Waals surface area contributed by atoms with E-state index < -0.39 is 0 Å². The van der Waals surface area contributed by atoms with Crippen molar-refractivity contribution in [2.24, 2.45) is 5.92 Å². The zero-order valence-electron chi connectivity index (χ0n) is 13.6. The third kappa shape index (κ3) is 3.69. The van der Waals surface area contributed by atoms with Gasteiger partial charge in [0.05, 0.1) is 0 Å². The topological polar surface area (TPSA) is 12.0 Å². The molecule has 2 aliphatic carbocycles. The number of rotatable bonds is 5. The van der Waals surface area contributed by atoms with Gasteiger partial charge >= 0.3 is 0 Å². The lowest BCUT2D eigenvalue weighted by Crippen LogP contribution is -2.39. The van der Waals surface area contributed by atoms with Crippen molar-refractivity contribution in [3.05, 3.63) is 35.4 Å².